The number of methoxy groups -OCH3 is 1. The molecule has 0 amide bonds. The molecule has 0 spiro atoms. The van der Waals surface area contributed by atoms with Crippen LogP contribution in [0.3, 0.4) is 0 Å². The highest BCUT2D eigenvalue weighted by Crippen LogP contribution is 2.22. The van der Waals surface area contributed by atoms with Gasteiger partial charge in [0.15, 0.2) is 0 Å². The molecule has 0 radical (unpaired) electrons. The molecule has 114 valence electrons. The number of nitrogens with zero attached hydrogens (tertiary/aromatic N) is 1. The van der Waals surface area contributed by atoms with Gasteiger partial charge in [0, 0.05) is 25.7 Å². The maximum absolute atomic E-state index is 5.63. The summed E-state index contributed by atoms with van der Waals surface area (Å²) in [7, 11) is 6.27. The first-order valence-electron chi connectivity index (χ1n) is 8.06. The molecule has 0 bridgehead atoms. The summed E-state index contributed by atoms with van der Waals surface area (Å²) in [5.74, 6) is 0.784. The topological polar surface area (TPSA) is 24.5 Å². The summed E-state index contributed by atoms with van der Waals surface area (Å²) in [6.45, 7) is 5.70. The molecule has 0 saturated heterocycles. The Balaban J connectivity index is 2.50. The van der Waals surface area contributed by atoms with Gasteiger partial charge in [-0.25, -0.2) is 0 Å². The molecule has 0 aromatic heterocycles. The van der Waals surface area contributed by atoms with Crippen molar-refractivity contribution in [2.45, 2.75) is 70.6 Å². The van der Waals surface area contributed by atoms with Crippen LogP contribution in [0.25, 0.3) is 0 Å². The molecule has 19 heavy (non-hydrogen) atoms. The molecule has 3 heteroatoms. The molecule has 1 saturated carbocycles. The Bertz CT molecular complexity index is 229. The summed E-state index contributed by atoms with van der Waals surface area (Å²) < 4.78 is 5.63. The largest absolute Gasteiger partial charge is 0.380 e. The van der Waals surface area contributed by atoms with Crippen molar-refractivity contribution in [3.63, 3.8) is 0 Å². The Hall–Kier alpha value is -0.120. The average Bonchev–Trinajstić information content (AvgIpc) is 2.43. The molecule has 0 heterocycles. The fourth-order valence-corrected chi connectivity index (χ4v) is 3.49. The van der Waals surface area contributed by atoms with Crippen molar-refractivity contribution >= 4 is 0 Å². The third kappa shape index (κ3) is 5.05. The zero-order chi connectivity index (χ0) is 14.3. The van der Waals surface area contributed by atoms with Crippen molar-refractivity contribution in [2.75, 3.05) is 27.7 Å². The zero-order valence-electron chi connectivity index (χ0n) is 13.6. The van der Waals surface area contributed by atoms with E-state index in [4.69, 9.17) is 4.74 Å². The second-order valence-corrected chi connectivity index (χ2v) is 6.18. The van der Waals surface area contributed by atoms with E-state index < -0.39 is 0 Å². The molecule has 3 atom stereocenters. The average molecular weight is 270 g/mol. The first-order valence-corrected chi connectivity index (χ1v) is 8.06. The SMILES string of the molecule is CCC(CC)C(CNC1CCCCC1OC)N(C)C. The molecule has 1 N–H and O–H groups in total. The van der Waals surface area contributed by atoms with Crippen LogP contribution in [0.15, 0.2) is 0 Å². The molecule has 0 aromatic carbocycles. The molecule has 0 aliphatic heterocycles. The van der Waals surface area contributed by atoms with Crippen molar-refractivity contribution in [3.8, 4) is 0 Å². The van der Waals surface area contributed by atoms with Crippen LogP contribution in [0.5, 0.6) is 0 Å². The summed E-state index contributed by atoms with van der Waals surface area (Å²) in [4.78, 5) is 2.38. The van der Waals surface area contributed by atoms with Crippen LogP contribution in [0.4, 0.5) is 0 Å². The van der Waals surface area contributed by atoms with Gasteiger partial charge in [0.1, 0.15) is 0 Å². The zero-order valence-corrected chi connectivity index (χ0v) is 13.6. The Labute approximate surface area is 120 Å². The molecule has 0 aromatic rings. The van der Waals surface area contributed by atoms with Gasteiger partial charge in [-0.1, -0.05) is 39.5 Å². The Kier molecular flexibility index (Phi) is 7.96. The lowest BCUT2D eigenvalue weighted by Gasteiger charge is -2.36. The highest BCUT2D eigenvalue weighted by atomic mass is 16.5. The Morgan fingerprint density at radius 2 is 1.79 bits per heavy atom. The molecule has 3 nitrogen and oxygen atoms in total. The van der Waals surface area contributed by atoms with Gasteiger partial charge in [0.25, 0.3) is 0 Å². The lowest BCUT2D eigenvalue weighted by Crippen LogP contribution is -2.50. The summed E-state index contributed by atoms with van der Waals surface area (Å²) >= 11 is 0. The van der Waals surface area contributed by atoms with Crippen LogP contribution >= 0.6 is 0 Å². The van der Waals surface area contributed by atoms with Crippen LogP contribution in [0, 0.1) is 5.92 Å². The van der Waals surface area contributed by atoms with Crippen LogP contribution in [0.2, 0.25) is 0 Å². The lowest BCUT2D eigenvalue weighted by atomic mass is 9.90. The van der Waals surface area contributed by atoms with Crippen molar-refractivity contribution in [1.82, 2.24) is 10.2 Å². The van der Waals surface area contributed by atoms with Gasteiger partial charge in [-0.3, -0.25) is 0 Å². The summed E-state index contributed by atoms with van der Waals surface area (Å²) in [5.41, 5.74) is 0. The van der Waals surface area contributed by atoms with E-state index in [1.807, 2.05) is 7.11 Å². The molecule has 1 aliphatic rings. The fraction of sp³-hybridized carbons (Fsp3) is 1.00. The Morgan fingerprint density at radius 1 is 1.16 bits per heavy atom. The number of ether oxygens (including phenoxy) is 1. The highest BCUT2D eigenvalue weighted by Gasteiger charge is 2.27. The standard InChI is InChI=1S/C16H34N2O/c1-6-13(7-2)15(18(3)4)12-17-14-10-8-9-11-16(14)19-5/h13-17H,6-12H2,1-5H3. The van der Waals surface area contributed by atoms with E-state index in [2.05, 4.69) is 38.2 Å². The minimum Gasteiger partial charge on any atom is -0.380 e. The fourth-order valence-electron chi connectivity index (χ4n) is 3.49. The van der Waals surface area contributed by atoms with Crippen LogP contribution in [-0.2, 0) is 4.74 Å². The predicted molar refractivity (Wildman–Crippen MR) is 82.6 cm³/mol. The minimum absolute atomic E-state index is 0.415. The number of hydrogen-bond acceptors (Lipinski definition) is 3. The van der Waals surface area contributed by atoms with Crippen molar-refractivity contribution in [1.29, 1.82) is 0 Å². The van der Waals surface area contributed by atoms with E-state index in [9.17, 15) is 0 Å². The van der Waals surface area contributed by atoms with Gasteiger partial charge < -0.3 is 15.0 Å². The number of hydrogen-bond donors (Lipinski definition) is 1. The van der Waals surface area contributed by atoms with Gasteiger partial charge in [0.2, 0.25) is 0 Å². The van der Waals surface area contributed by atoms with Crippen molar-refractivity contribution in [3.05, 3.63) is 0 Å². The first-order chi connectivity index (χ1) is 9.13. The lowest BCUT2D eigenvalue weighted by molar-refractivity contribution is 0.0379. The van der Waals surface area contributed by atoms with E-state index in [1.165, 1.54) is 38.5 Å². The van der Waals surface area contributed by atoms with Crippen molar-refractivity contribution < 1.29 is 4.74 Å². The van der Waals surface area contributed by atoms with Gasteiger partial charge in [-0.2, -0.15) is 0 Å². The predicted octanol–water partition coefficient (Wildman–Crippen LogP) is 2.90. The smallest absolute Gasteiger partial charge is 0.0724 e. The van der Waals surface area contributed by atoms with E-state index in [0.717, 1.165) is 12.5 Å². The van der Waals surface area contributed by atoms with Gasteiger partial charge in [0.05, 0.1) is 6.10 Å². The summed E-state index contributed by atoms with van der Waals surface area (Å²) in [6, 6.07) is 1.19. The minimum atomic E-state index is 0.415. The normalized spacial score (nSPS) is 26.1. The maximum atomic E-state index is 5.63. The highest BCUT2D eigenvalue weighted by molar-refractivity contribution is 4.85. The van der Waals surface area contributed by atoms with E-state index >= 15 is 0 Å². The summed E-state index contributed by atoms with van der Waals surface area (Å²) in [5, 5.41) is 3.79. The van der Waals surface area contributed by atoms with E-state index in [-0.39, 0.29) is 0 Å². The van der Waals surface area contributed by atoms with Crippen LogP contribution < -0.4 is 5.32 Å². The second-order valence-electron chi connectivity index (χ2n) is 6.18. The van der Waals surface area contributed by atoms with Crippen LogP contribution in [0.1, 0.15) is 52.4 Å². The quantitative estimate of drug-likeness (QED) is 0.734. The summed E-state index contributed by atoms with van der Waals surface area (Å²) in [6.07, 6.45) is 8.08. The molecule has 1 aliphatic carbocycles. The molecular weight excluding hydrogens is 236 g/mol. The monoisotopic (exact) mass is 270 g/mol. The molecule has 1 fully saturated rings. The number of rotatable bonds is 8. The maximum Gasteiger partial charge on any atom is 0.0724 e. The molecule has 1 rings (SSSR count). The number of nitrogens with one attached hydrogen (secondary N) is 1. The Morgan fingerprint density at radius 3 is 2.32 bits per heavy atom. The van der Waals surface area contributed by atoms with Gasteiger partial charge in [-0.05, 0) is 32.9 Å². The van der Waals surface area contributed by atoms with Crippen molar-refractivity contribution in [2.24, 2.45) is 5.92 Å². The third-order valence-electron chi connectivity index (χ3n) is 4.85. The first kappa shape index (κ1) is 16.9. The van der Waals surface area contributed by atoms with Crippen LogP contribution in [-0.4, -0.2) is 50.8 Å². The van der Waals surface area contributed by atoms with E-state index in [1.54, 1.807) is 0 Å². The molecular formula is C16H34N2O. The molecule has 3 unspecified atom stereocenters. The van der Waals surface area contributed by atoms with Gasteiger partial charge in [-0.15, -0.1) is 0 Å². The van der Waals surface area contributed by atoms with E-state index in [0.29, 0.717) is 18.2 Å². The number of likely N-dealkylation sites (N-methyl/N-ethyl adjacent to an activating group) is 1. The van der Waals surface area contributed by atoms with Gasteiger partial charge >= 0.3 is 0 Å². The third-order valence-corrected chi connectivity index (χ3v) is 4.85. The second kappa shape index (κ2) is 8.93.